The number of halogens is 1. The monoisotopic (exact) mass is 459 g/mol. The van der Waals surface area contributed by atoms with Crippen molar-refractivity contribution in [3.63, 3.8) is 0 Å². The molecule has 0 aliphatic carbocycles. The van der Waals surface area contributed by atoms with Gasteiger partial charge in [0.2, 0.25) is 24.4 Å². The van der Waals surface area contributed by atoms with E-state index in [4.69, 9.17) is 14.0 Å². The first-order valence-corrected chi connectivity index (χ1v) is 10.9. The Bertz CT molecular complexity index is 1270. The number of hydrogen-bond acceptors (Lipinski definition) is 6. The van der Waals surface area contributed by atoms with Crippen molar-refractivity contribution in [3.8, 4) is 22.9 Å². The summed E-state index contributed by atoms with van der Waals surface area (Å²) in [6.07, 6.45) is 0.582. The van der Waals surface area contributed by atoms with E-state index in [1.807, 2.05) is 48.5 Å². The van der Waals surface area contributed by atoms with Crippen LogP contribution in [0.3, 0.4) is 0 Å². The fraction of sp³-hybridized carbons (Fsp3) is 0.192. The third kappa shape index (κ3) is 5.06. The Hall–Kier alpha value is -4.20. The minimum absolute atomic E-state index is 0.0639. The molecule has 1 aromatic heterocycles. The summed E-state index contributed by atoms with van der Waals surface area (Å²) in [7, 11) is 0. The van der Waals surface area contributed by atoms with E-state index in [1.54, 1.807) is 17.0 Å². The third-order valence-electron chi connectivity index (χ3n) is 5.53. The molecule has 0 N–H and O–H groups in total. The highest BCUT2D eigenvalue weighted by Gasteiger charge is 2.19. The lowest BCUT2D eigenvalue weighted by Crippen LogP contribution is -2.33. The number of hydrogen-bond donors (Lipinski definition) is 0. The Kier molecular flexibility index (Phi) is 6.20. The van der Waals surface area contributed by atoms with E-state index in [0.717, 1.165) is 16.7 Å². The first-order chi connectivity index (χ1) is 16.6. The SMILES string of the molecule is O=C(Cc1ccc(F)cc1)N(CCc1nc(-c2ccc3c(c2)OCO3)no1)Cc1ccccc1. The van der Waals surface area contributed by atoms with Gasteiger partial charge in [0.25, 0.3) is 0 Å². The van der Waals surface area contributed by atoms with Crippen molar-refractivity contribution in [2.45, 2.75) is 19.4 Å². The van der Waals surface area contributed by atoms with Crippen LogP contribution in [0.1, 0.15) is 17.0 Å². The quantitative estimate of drug-likeness (QED) is 0.388. The van der Waals surface area contributed by atoms with Crippen LogP contribution < -0.4 is 9.47 Å². The number of aromatic nitrogens is 2. The molecular weight excluding hydrogens is 437 g/mol. The van der Waals surface area contributed by atoms with Crippen LogP contribution >= 0.6 is 0 Å². The van der Waals surface area contributed by atoms with Crippen molar-refractivity contribution in [1.82, 2.24) is 15.0 Å². The van der Waals surface area contributed by atoms with Gasteiger partial charge in [-0.2, -0.15) is 4.98 Å². The Balaban J connectivity index is 1.28. The van der Waals surface area contributed by atoms with Crippen LogP contribution in [-0.2, 0) is 24.2 Å². The average Bonchev–Trinajstić information content (AvgIpc) is 3.53. The van der Waals surface area contributed by atoms with Gasteiger partial charge in [0.15, 0.2) is 11.5 Å². The smallest absolute Gasteiger partial charge is 0.231 e. The van der Waals surface area contributed by atoms with Gasteiger partial charge in [-0.1, -0.05) is 47.6 Å². The molecule has 0 saturated carbocycles. The van der Waals surface area contributed by atoms with Gasteiger partial charge >= 0.3 is 0 Å². The Morgan fingerprint density at radius 3 is 2.56 bits per heavy atom. The third-order valence-corrected chi connectivity index (χ3v) is 5.53. The van der Waals surface area contributed by atoms with Crippen LogP contribution in [0.5, 0.6) is 11.5 Å². The number of benzene rings is 3. The molecule has 3 aromatic carbocycles. The topological polar surface area (TPSA) is 77.7 Å². The number of fused-ring (bicyclic) bond motifs is 1. The van der Waals surface area contributed by atoms with E-state index in [0.29, 0.717) is 42.7 Å². The van der Waals surface area contributed by atoms with Gasteiger partial charge in [0.05, 0.1) is 6.42 Å². The Labute approximate surface area is 195 Å². The molecular formula is C26H22FN3O4. The van der Waals surface area contributed by atoms with Crippen molar-refractivity contribution < 1.29 is 23.2 Å². The summed E-state index contributed by atoms with van der Waals surface area (Å²) in [5, 5.41) is 4.07. The second-order valence-electron chi connectivity index (χ2n) is 7.93. The molecule has 172 valence electrons. The zero-order valence-corrected chi connectivity index (χ0v) is 18.3. The maximum Gasteiger partial charge on any atom is 0.231 e. The lowest BCUT2D eigenvalue weighted by atomic mass is 10.1. The maximum absolute atomic E-state index is 13.2. The standard InChI is InChI=1S/C26H22FN3O4/c27-21-9-6-18(7-10-21)14-25(31)30(16-19-4-2-1-3-5-19)13-12-24-28-26(29-34-24)20-8-11-22-23(15-20)33-17-32-22/h1-11,15H,12-14,16-17H2. The number of carbonyl (C=O) groups excluding carboxylic acids is 1. The molecule has 0 saturated heterocycles. The predicted molar refractivity (Wildman–Crippen MR) is 122 cm³/mol. The van der Waals surface area contributed by atoms with Crippen LogP contribution in [-0.4, -0.2) is 34.3 Å². The second-order valence-corrected chi connectivity index (χ2v) is 7.93. The molecule has 0 radical (unpaired) electrons. The zero-order chi connectivity index (χ0) is 23.3. The van der Waals surface area contributed by atoms with E-state index < -0.39 is 0 Å². The molecule has 2 heterocycles. The van der Waals surface area contributed by atoms with Crippen LogP contribution in [0, 0.1) is 5.82 Å². The highest BCUT2D eigenvalue weighted by atomic mass is 19.1. The van der Waals surface area contributed by atoms with Crippen LogP contribution in [0.2, 0.25) is 0 Å². The van der Waals surface area contributed by atoms with Gasteiger partial charge in [0.1, 0.15) is 5.82 Å². The molecule has 5 rings (SSSR count). The summed E-state index contributed by atoms with van der Waals surface area (Å²) in [5.74, 6) is 1.81. The van der Waals surface area contributed by atoms with Gasteiger partial charge < -0.3 is 18.9 Å². The largest absolute Gasteiger partial charge is 0.454 e. The summed E-state index contributed by atoms with van der Waals surface area (Å²) in [5.41, 5.74) is 2.53. The van der Waals surface area contributed by atoms with Crippen molar-refractivity contribution in [3.05, 3.63) is 95.6 Å². The molecule has 7 nitrogen and oxygen atoms in total. The second kappa shape index (κ2) is 9.74. The summed E-state index contributed by atoms with van der Waals surface area (Å²) in [6.45, 7) is 1.04. The summed E-state index contributed by atoms with van der Waals surface area (Å²) >= 11 is 0. The normalized spacial score (nSPS) is 12.0. The molecule has 1 amide bonds. The lowest BCUT2D eigenvalue weighted by Gasteiger charge is -2.22. The lowest BCUT2D eigenvalue weighted by molar-refractivity contribution is -0.131. The van der Waals surface area contributed by atoms with Gasteiger partial charge in [-0.05, 0) is 41.5 Å². The summed E-state index contributed by atoms with van der Waals surface area (Å²) in [6, 6.07) is 21.2. The van der Waals surface area contributed by atoms with Gasteiger partial charge in [-0.15, -0.1) is 0 Å². The van der Waals surface area contributed by atoms with Crippen LogP contribution in [0.4, 0.5) is 4.39 Å². The van der Waals surface area contributed by atoms with E-state index >= 15 is 0 Å². The van der Waals surface area contributed by atoms with Crippen molar-refractivity contribution in [2.24, 2.45) is 0 Å². The van der Waals surface area contributed by atoms with E-state index in [9.17, 15) is 9.18 Å². The molecule has 0 atom stereocenters. The number of ether oxygens (including phenoxy) is 2. The fourth-order valence-corrected chi connectivity index (χ4v) is 3.72. The first-order valence-electron chi connectivity index (χ1n) is 10.9. The molecule has 4 aromatic rings. The molecule has 34 heavy (non-hydrogen) atoms. The highest BCUT2D eigenvalue weighted by Crippen LogP contribution is 2.35. The van der Waals surface area contributed by atoms with Gasteiger partial charge in [0, 0.05) is 25.1 Å². The van der Waals surface area contributed by atoms with Crippen molar-refractivity contribution >= 4 is 5.91 Å². The van der Waals surface area contributed by atoms with E-state index in [2.05, 4.69) is 10.1 Å². The van der Waals surface area contributed by atoms with Crippen molar-refractivity contribution in [2.75, 3.05) is 13.3 Å². The van der Waals surface area contributed by atoms with Crippen LogP contribution in [0.25, 0.3) is 11.4 Å². The van der Waals surface area contributed by atoms with E-state index in [1.165, 1.54) is 12.1 Å². The Morgan fingerprint density at radius 2 is 1.74 bits per heavy atom. The molecule has 8 heteroatoms. The first kappa shape index (κ1) is 21.6. The fourth-order valence-electron chi connectivity index (χ4n) is 3.72. The number of rotatable bonds is 8. The van der Waals surface area contributed by atoms with Crippen molar-refractivity contribution in [1.29, 1.82) is 0 Å². The minimum atomic E-state index is -0.327. The molecule has 1 aliphatic rings. The summed E-state index contributed by atoms with van der Waals surface area (Å²) < 4.78 is 29.4. The van der Waals surface area contributed by atoms with E-state index in [-0.39, 0.29) is 24.9 Å². The molecule has 0 unspecified atom stereocenters. The zero-order valence-electron chi connectivity index (χ0n) is 18.3. The predicted octanol–water partition coefficient (Wildman–Crippen LogP) is 4.42. The summed E-state index contributed by atoms with van der Waals surface area (Å²) in [4.78, 5) is 19.3. The highest BCUT2D eigenvalue weighted by molar-refractivity contribution is 5.78. The minimum Gasteiger partial charge on any atom is -0.454 e. The number of amides is 1. The van der Waals surface area contributed by atoms with Gasteiger partial charge in [-0.25, -0.2) is 4.39 Å². The molecule has 0 fully saturated rings. The molecule has 0 spiro atoms. The Morgan fingerprint density at radius 1 is 0.941 bits per heavy atom. The maximum atomic E-state index is 13.2. The number of carbonyl (C=O) groups is 1. The molecule has 0 bridgehead atoms. The average molecular weight is 459 g/mol. The van der Waals surface area contributed by atoms with Gasteiger partial charge in [-0.3, -0.25) is 4.79 Å². The van der Waals surface area contributed by atoms with Crippen LogP contribution in [0.15, 0.2) is 77.3 Å². The number of nitrogens with zero attached hydrogens (tertiary/aromatic N) is 3. The molecule has 1 aliphatic heterocycles.